The van der Waals surface area contributed by atoms with Gasteiger partial charge in [0.1, 0.15) is 11.5 Å². The number of ether oxygens (including phenoxy) is 1. The minimum absolute atomic E-state index is 0.0984. The molecule has 10 nitrogen and oxygen atoms in total. The van der Waals surface area contributed by atoms with Gasteiger partial charge in [0.05, 0.1) is 28.8 Å². The Labute approximate surface area is 207 Å². The van der Waals surface area contributed by atoms with Crippen molar-refractivity contribution in [1.82, 2.24) is 29.9 Å². The van der Waals surface area contributed by atoms with E-state index in [1.54, 1.807) is 25.2 Å². The molecule has 5 rings (SSSR count). The number of methoxy groups -OCH3 is 1. The number of pyridine rings is 3. The lowest BCUT2D eigenvalue weighted by Crippen LogP contribution is -2.54. The summed E-state index contributed by atoms with van der Waals surface area (Å²) in [5, 5.41) is 6.43. The van der Waals surface area contributed by atoms with Gasteiger partial charge in [-0.2, -0.15) is 0 Å². The van der Waals surface area contributed by atoms with Crippen LogP contribution in [0.5, 0.6) is 5.88 Å². The molecule has 182 valence electrons. The Bertz CT molecular complexity index is 1260. The van der Waals surface area contributed by atoms with Gasteiger partial charge >= 0.3 is 0 Å². The largest absolute Gasteiger partial charge is 0.481 e. The summed E-state index contributed by atoms with van der Waals surface area (Å²) in [6, 6.07) is 9.34. The first kappa shape index (κ1) is 23.5. The van der Waals surface area contributed by atoms with E-state index in [0.29, 0.717) is 23.1 Å². The van der Waals surface area contributed by atoms with Gasteiger partial charge in [0.2, 0.25) is 11.8 Å². The van der Waals surface area contributed by atoms with Gasteiger partial charge in [0.25, 0.3) is 5.91 Å². The number of hydrogen-bond acceptors (Lipinski definition) is 9. The summed E-state index contributed by atoms with van der Waals surface area (Å²) in [4.78, 5) is 41.4. The van der Waals surface area contributed by atoms with Gasteiger partial charge in [-0.05, 0) is 36.2 Å². The van der Waals surface area contributed by atoms with Crippen molar-refractivity contribution in [3.63, 3.8) is 0 Å². The van der Waals surface area contributed by atoms with Crippen LogP contribution in [0.1, 0.15) is 16.1 Å². The van der Waals surface area contributed by atoms with Crippen molar-refractivity contribution < 1.29 is 14.3 Å². The Morgan fingerprint density at radius 3 is 2.77 bits per heavy atom. The number of hydrogen-bond donors (Lipinski definition) is 1. The fraction of sp³-hybridized carbons (Fsp3) is 0.375. The summed E-state index contributed by atoms with van der Waals surface area (Å²) in [7, 11) is 3.39. The highest BCUT2D eigenvalue weighted by molar-refractivity contribution is 8.00. The molecule has 11 heteroatoms. The van der Waals surface area contributed by atoms with Crippen molar-refractivity contribution >= 4 is 40.4 Å². The minimum Gasteiger partial charge on any atom is -0.481 e. The molecule has 1 saturated heterocycles. The molecule has 0 spiro atoms. The Morgan fingerprint density at radius 2 is 1.97 bits per heavy atom. The van der Waals surface area contributed by atoms with Crippen LogP contribution in [-0.4, -0.2) is 94.3 Å². The fourth-order valence-corrected chi connectivity index (χ4v) is 5.05. The predicted octanol–water partition coefficient (Wildman–Crippen LogP) is 1.92. The van der Waals surface area contributed by atoms with Crippen LogP contribution < -0.4 is 10.1 Å². The van der Waals surface area contributed by atoms with E-state index < -0.39 is 0 Å². The number of nitrogens with zero attached hydrogens (tertiary/aromatic N) is 6. The molecule has 0 bridgehead atoms. The topological polar surface area (TPSA) is 104 Å². The average molecular weight is 494 g/mol. The molecular weight excluding hydrogens is 466 g/mol. The molecular formula is C24H27N7O3S. The van der Waals surface area contributed by atoms with E-state index in [2.05, 4.69) is 25.2 Å². The fourth-order valence-electron chi connectivity index (χ4n) is 4.29. The second kappa shape index (κ2) is 10.1. The van der Waals surface area contributed by atoms with E-state index >= 15 is 0 Å². The molecule has 35 heavy (non-hydrogen) atoms. The van der Waals surface area contributed by atoms with Crippen molar-refractivity contribution in [1.29, 1.82) is 0 Å². The molecule has 2 amide bonds. The number of hydrazine groups is 1. The number of carbonyl (C=O) groups excluding carboxylic acids is 2. The maximum atomic E-state index is 13.0. The van der Waals surface area contributed by atoms with Crippen molar-refractivity contribution in [3.8, 4) is 5.88 Å². The van der Waals surface area contributed by atoms with Gasteiger partial charge in [-0.25, -0.2) is 15.0 Å². The van der Waals surface area contributed by atoms with Crippen LogP contribution >= 0.6 is 11.8 Å². The summed E-state index contributed by atoms with van der Waals surface area (Å²) < 4.78 is 5.28. The monoisotopic (exact) mass is 493 g/mol. The van der Waals surface area contributed by atoms with Crippen molar-refractivity contribution in [2.75, 3.05) is 58.0 Å². The number of nitrogens with one attached hydrogen (secondary N) is 1. The molecule has 0 aliphatic carbocycles. The predicted molar refractivity (Wildman–Crippen MR) is 133 cm³/mol. The number of carbonyl (C=O) groups is 2. The van der Waals surface area contributed by atoms with Crippen molar-refractivity contribution in [2.45, 2.75) is 11.3 Å². The number of fused-ring (bicyclic) bond motifs is 2. The van der Waals surface area contributed by atoms with Gasteiger partial charge < -0.3 is 15.0 Å². The van der Waals surface area contributed by atoms with E-state index in [4.69, 9.17) is 4.74 Å². The lowest BCUT2D eigenvalue weighted by Gasteiger charge is -2.39. The highest BCUT2D eigenvalue weighted by Crippen LogP contribution is 2.30. The Balaban J connectivity index is 1.17. The third kappa shape index (κ3) is 5.07. The van der Waals surface area contributed by atoms with Crippen LogP contribution in [-0.2, 0) is 11.2 Å². The highest BCUT2D eigenvalue weighted by atomic mass is 32.2. The normalized spacial score (nSPS) is 16.6. The van der Waals surface area contributed by atoms with Gasteiger partial charge in [-0.15, -0.1) is 11.8 Å². The summed E-state index contributed by atoms with van der Waals surface area (Å²) in [6.07, 6.45) is 2.68. The summed E-state index contributed by atoms with van der Waals surface area (Å²) >= 11 is 1.43. The molecule has 0 unspecified atom stereocenters. The molecule has 0 atom stereocenters. The second-order valence-corrected chi connectivity index (χ2v) is 9.46. The molecule has 2 aliphatic rings. The lowest BCUT2D eigenvalue weighted by molar-refractivity contribution is -0.113. The van der Waals surface area contributed by atoms with Crippen molar-refractivity contribution in [2.24, 2.45) is 0 Å². The molecule has 0 saturated carbocycles. The molecule has 3 aromatic heterocycles. The zero-order valence-corrected chi connectivity index (χ0v) is 20.5. The third-order valence-corrected chi connectivity index (χ3v) is 7.36. The second-order valence-electron chi connectivity index (χ2n) is 8.45. The number of thioether (sulfide) groups is 1. The number of rotatable bonds is 6. The molecule has 2 aliphatic heterocycles. The van der Waals surface area contributed by atoms with E-state index in [0.717, 1.165) is 60.6 Å². The summed E-state index contributed by atoms with van der Waals surface area (Å²) in [5.74, 6) is 1.13. The first-order chi connectivity index (χ1) is 17.0. The van der Waals surface area contributed by atoms with Gasteiger partial charge in [0.15, 0.2) is 0 Å². The summed E-state index contributed by atoms with van der Waals surface area (Å²) in [6.45, 7) is 4.07. The molecule has 5 heterocycles. The number of piperazine rings is 1. The quantitative estimate of drug-likeness (QED) is 0.552. The molecule has 1 fully saturated rings. The van der Waals surface area contributed by atoms with E-state index in [1.165, 1.54) is 11.8 Å². The molecule has 0 radical (unpaired) electrons. The van der Waals surface area contributed by atoms with Crippen LogP contribution in [0.3, 0.4) is 0 Å². The standard InChI is InChI=1S/C24H27N7O3S/c1-29(24(33)18-3-5-19-23(26-18)27-20(32)15-35-19)31-13-11-30(12-14-31)10-8-16-7-9-25-17-4-6-21(34-2)28-22(16)17/h3-7,9H,8,10-15H2,1-2H3,(H,26,27,32). The smallest absolute Gasteiger partial charge is 0.286 e. The number of aromatic nitrogens is 3. The van der Waals surface area contributed by atoms with Gasteiger partial charge in [-0.3, -0.25) is 19.6 Å². The van der Waals surface area contributed by atoms with Crippen molar-refractivity contribution in [3.05, 3.63) is 47.8 Å². The Kier molecular flexibility index (Phi) is 6.80. The zero-order chi connectivity index (χ0) is 24.4. The average Bonchev–Trinajstić information content (AvgIpc) is 2.90. The van der Waals surface area contributed by atoms with Crippen LogP contribution in [0.15, 0.2) is 41.4 Å². The van der Waals surface area contributed by atoms with E-state index in [-0.39, 0.29) is 11.8 Å². The Hall–Kier alpha value is -3.28. The van der Waals surface area contributed by atoms with E-state index in [9.17, 15) is 9.59 Å². The highest BCUT2D eigenvalue weighted by Gasteiger charge is 2.26. The lowest BCUT2D eigenvalue weighted by atomic mass is 10.1. The first-order valence-corrected chi connectivity index (χ1v) is 12.5. The molecule has 3 aromatic rings. The van der Waals surface area contributed by atoms with Gasteiger partial charge in [-0.1, -0.05) is 0 Å². The van der Waals surface area contributed by atoms with Crippen LogP contribution in [0.25, 0.3) is 11.0 Å². The number of amides is 2. The third-order valence-electron chi connectivity index (χ3n) is 6.31. The first-order valence-electron chi connectivity index (χ1n) is 11.5. The van der Waals surface area contributed by atoms with Gasteiger partial charge in [0, 0.05) is 52.0 Å². The number of anilines is 1. The molecule has 1 N–H and O–H groups in total. The van der Waals surface area contributed by atoms with E-state index in [1.807, 2.05) is 35.5 Å². The Morgan fingerprint density at radius 1 is 1.14 bits per heavy atom. The maximum Gasteiger partial charge on any atom is 0.286 e. The van der Waals surface area contributed by atoms with Crippen LogP contribution in [0.2, 0.25) is 0 Å². The minimum atomic E-state index is -0.186. The van der Waals surface area contributed by atoms with Crippen LogP contribution in [0, 0.1) is 0 Å². The SMILES string of the molecule is COc1ccc2nccc(CCN3CCN(N(C)C(=O)c4ccc5c(n4)NC(=O)CS5)CC3)c2n1. The van der Waals surface area contributed by atoms with Crippen LogP contribution in [0.4, 0.5) is 5.82 Å². The maximum absolute atomic E-state index is 13.0. The molecule has 0 aromatic carbocycles. The summed E-state index contributed by atoms with van der Waals surface area (Å²) in [5.41, 5.74) is 3.21. The zero-order valence-electron chi connectivity index (χ0n) is 19.7.